The molecule has 0 saturated carbocycles. The molecule has 3 aromatic carbocycles. The highest BCUT2D eigenvalue weighted by Crippen LogP contribution is 2.38. The van der Waals surface area contributed by atoms with Crippen LogP contribution in [0.3, 0.4) is 0 Å². The van der Waals surface area contributed by atoms with Crippen molar-refractivity contribution in [2.45, 2.75) is 71.3 Å². The molecule has 1 aromatic heterocycles. The third-order valence-corrected chi connectivity index (χ3v) is 9.60. The number of pyridine rings is 1. The number of carbonyl (C=O) groups excluding carboxylic acids is 1. The number of halogens is 3. The molecular formula is C39H40F3N3O5. The Hall–Kier alpha value is -4.90. The molecule has 3 heterocycles. The zero-order valence-corrected chi connectivity index (χ0v) is 28.3. The number of carbonyl (C=O) groups is 2. The molecule has 4 aromatic rings. The molecule has 2 N–H and O–H groups in total. The lowest BCUT2D eigenvalue weighted by molar-refractivity contribution is -0.137. The third kappa shape index (κ3) is 7.19. The Morgan fingerprint density at radius 3 is 2.52 bits per heavy atom. The Balaban J connectivity index is 1.54. The highest BCUT2D eigenvalue weighted by Gasteiger charge is 2.32. The van der Waals surface area contributed by atoms with E-state index in [0.29, 0.717) is 66.0 Å². The SMILES string of the molecule is CCc1cc(CCN2CC(F)C2)cn([C@@H]2C(=O)N[C@@H](CCC(=O)O)c3cc(cc(C)c3F)-c3c(C)cccc3OCc3ccc(F)c2c3)c1=O. The molecule has 1 saturated heterocycles. The lowest BCUT2D eigenvalue weighted by Crippen LogP contribution is -2.49. The Bertz CT molecular complexity index is 2010. The van der Waals surface area contributed by atoms with Gasteiger partial charge in [-0.2, -0.15) is 0 Å². The van der Waals surface area contributed by atoms with Crippen molar-refractivity contribution in [1.29, 1.82) is 0 Å². The van der Waals surface area contributed by atoms with Crippen LogP contribution in [0.1, 0.15) is 70.8 Å². The first kappa shape index (κ1) is 34.9. The maximum Gasteiger partial charge on any atom is 0.303 e. The number of ether oxygens (including phenoxy) is 1. The Morgan fingerprint density at radius 2 is 1.80 bits per heavy atom. The summed E-state index contributed by atoms with van der Waals surface area (Å²) >= 11 is 0. The Kier molecular flexibility index (Phi) is 10.2. The molecule has 6 rings (SSSR count). The summed E-state index contributed by atoms with van der Waals surface area (Å²) in [4.78, 5) is 42.3. The molecule has 0 aliphatic carbocycles. The normalized spacial score (nSPS) is 18.0. The minimum absolute atomic E-state index is 0.00684. The number of amides is 1. The monoisotopic (exact) mass is 687 g/mol. The minimum Gasteiger partial charge on any atom is -0.488 e. The number of benzene rings is 3. The lowest BCUT2D eigenvalue weighted by atomic mass is 9.91. The van der Waals surface area contributed by atoms with E-state index >= 15 is 8.78 Å². The summed E-state index contributed by atoms with van der Waals surface area (Å²) in [6.45, 7) is 6.48. The van der Waals surface area contributed by atoms with Crippen molar-refractivity contribution in [3.63, 3.8) is 0 Å². The van der Waals surface area contributed by atoms with Crippen LogP contribution in [0, 0.1) is 25.5 Å². The quantitative estimate of drug-likeness (QED) is 0.223. The number of carboxylic acids is 1. The predicted octanol–water partition coefficient (Wildman–Crippen LogP) is 6.37. The molecule has 0 spiro atoms. The number of fused-ring (bicyclic) bond motifs is 6. The van der Waals surface area contributed by atoms with Crippen molar-refractivity contribution in [3.05, 3.63) is 122 Å². The van der Waals surface area contributed by atoms with Gasteiger partial charge in [-0.05, 0) is 97.3 Å². The fourth-order valence-electron chi connectivity index (χ4n) is 6.91. The number of aliphatic carboxylic acids is 1. The second-order valence-electron chi connectivity index (χ2n) is 13.2. The number of likely N-dealkylation sites (tertiary alicyclic amines) is 1. The highest BCUT2D eigenvalue weighted by molar-refractivity contribution is 5.84. The molecule has 50 heavy (non-hydrogen) atoms. The smallest absolute Gasteiger partial charge is 0.303 e. The third-order valence-electron chi connectivity index (χ3n) is 9.60. The van der Waals surface area contributed by atoms with Crippen molar-refractivity contribution >= 4 is 11.9 Å². The van der Waals surface area contributed by atoms with Crippen LogP contribution in [0.5, 0.6) is 5.75 Å². The van der Waals surface area contributed by atoms with Gasteiger partial charge in [0.25, 0.3) is 5.56 Å². The lowest BCUT2D eigenvalue weighted by Gasteiger charge is -2.34. The summed E-state index contributed by atoms with van der Waals surface area (Å²) in [5.74, 6) is -2.81. The molecule has 0 radical (unpaired) electrons. The molecule has 1 amide bonds. The summed E-state index contributed by atoms with van der Waals surface area (Å²) in [6.07, 6.45) is 0.887. The first-order chi connectivity index (χ1) is 23.9. The van der Waals surface area contributed by atoms with Crippen molar-refractivity contribution in [2.24, 2.45) is 0 Å². The topological polar surface area (TPSA) is 101 Å². The maximum atomic E-state index is 16.1. The largest absolute Gasteiger partial charge is 0.488 e. The van der Waals surface area contributed by atoms with E-state index in [9.17, 15) is 23.9 Å². The molecule has 2 aliphatic heterocycles. The highest BCUT2D eigenvalue weighted by atomic mass is 19.1. The van der Waals surface area contributed by atoms with Crippen LogP contribution in [0.2, 0.25) is 0 Å². The van der Waals surface area contributed by atoms with E-state index in [-0.39, 0.29) is 29.7 Å². The number of nitrogens with one attached hydrogen (secondary N) is 1. The fourth-order valence-corrected chi connectivity index (χ4v) is 6.91. The molecule has 2 aliphatic rings. The fraction of sp³-hybridized carbons (Fsp3) is 0.359. The summed E-state index contributed by atoms with van der Waals surface area (Å²) in [7, 11) is 0. The Labute approximate surface area is 288 Å². The van der Waals surface area contributed by atoms with Crippen LogP contribution >= 0.6 is 0 Å². The van der Waals surface area contributed by atoms with Gasteiger partial charge in [-0.3, -0.25) is 23.9 Å². The van der Waals surface area contributed by atoms with E-state index in [1.165, 1.54) is 22.9 Å². The molecule has 2 atom stereocenters. The number of aryl methyl sites for hydroxylation is 3. The minimum atomic E-state index is -1.54. The first-order valence-corrected chi connectivity index (χ1v) is 16.9. The van der Waals surface area contributed by atoms with E-state index in [4.69, 9.17) is 4.74 Å². The van der Waals surface area contributed by atoms with E-state index < -0.39 is 53.7 Å². The standard InChI is InChI=1S/C39H40F3N3O5/c1-4-26-15-24(12-13-44-19-28(40)20-44)18-45(39(26)49)37-29-16-25(8-9-31(29)41)21-50-33-7-5-6-22(2)35(33)27-14-23(3)36(42)30(17-27)32(43-38(37)48)10-11-34(46)47/h5-9,14-18,28,32,37H,4,10-13,19-21H2,1-3H3,(H,43,48)(H,46,47)/t32-,37-/m0/s1. The van der Waals surface area contributed by atoms with Crippen molar-refractivity contribution in [1.82, 2.24) is 14.8 Å². The second-order valence-corrected chi connectivity index (χ2v) is 13.2. The van der Waals surface area contributed by atoms with Crippen LogP contribution in [0.4, 0.5) is 13.2 Å². The number of rotatable bonds is 8. The van der Waals surface area contributed by atoms with Crippen LogP contribution < -0.4 is 15.6 Å². The summed E-state index contributed by atoms with van der Waals surface area (Å²) in [6, 6.07) is 12.1. The summed E-state index contributed by atoms with van der Waals surface area (Å²) < 4.78 is 53.0. The zero-order valence-electron chi connectivity index (χ0n) is 28.3. The van der Waals surface area contributed by atoms with Gasteiger partial charge in [0.05, 0.1) is 6.04 Å². The number of nitrogens with zero attached hydrogens (tertiary/aromatic N) is 2. The van der Waals surface area contributed by atoms with Crippen LogP contribution in [0.15, 0.2) is 65.6 Å². The van der Waals surface area contributed by atoms with Crippen molar-refractivity contribution in [3.8, 4) is 16.9 Å². The molecule has 0 unspecified atom stereocenters. The average molecular weight is 688 g/mol. The van der Waals surface area contributed by atoms with Gasteiger partial charge in [-0.1, -0.05) is 25.1 Å². The van der Waals surface area contributed by atoms with Crippen LogP contribution in [-0.4, -0.2) is 52.3 Å². The van der Waals surface area contributed by atoms with E-state index in [2.05, 4.69) is 5.32 Å². The molecule has 11 heteroatoms. The van der Waals surface area contributed by atoms with E-state index in [1.807, 2.05) is 24.0 Å². The maximum absolute atomic E-state index is 16.1. The van der Waals surface area contributed by atoms with Crippen LogP contribution in [0.25, 0.3) is 11.1 Å². The van der Waals surface area contributed by atoms with Gasteiger partial charge >= 0.3 is 5.97 Å². The molecule has 1 fully saturated rings. The van der Waals surface area contributed by atoms with Crippen molar-refractivity contribution < 1.29 is 32.6 Å². The van der Waals surface area contributed by atoms with Gasteiger partial charge in [0.15, 0.2) is 0 Å². The number of hydrogen-bond donors (Lipinski definition) is 2. The second kappa shape index (κ2) is 14.5. The Morgan fingerprint density at radius 1 is 1.02 bits per heavy atom. The van der Waals surface area contributed by atoms with Gasteiger partial charge in [-0.15, -0.1) is 0 Å². The van der Waals surface area contributed by atoms with Gasteiger partial charge in [0, 0.05) is 54.5 Å². The van der Waals surface area contributed by atoms with E-state index in [0.717, 1.165) is 5.56 Å². The zero-order chi connectivity index (χ0) is 35.7. The number of aromatic nitrogens is 1. The number of carboxylic acid groups (broad SMARTS) is 1. The predicted molar refractivity (Wildman–Crippen MR) is 183 cm³/mol. The van der Waals surface area contributed by atoms with Gasteiger partial charge in [0.1, 0.15) is 36.2 Å². The summed E-state index contributed by atoms with van der Waals surface area (Å²) in [5, 5.41) is 12.5. The first-order valence-electron chi connectivity index (χ1n) is 16.9. The van der Waals surface area contributed by atoms with Gasteiger partial charge in [-0.25, -0.2) is 13.2 Å². The van der Waals surface area contributed by atoms with Gasteiger partial charge in [0.2, 0.25) is 5.91 Å². The van der Waals surface area contributed by atoms with E-state index in [1.54, 1.807) is 44.2 Å². The number of hydrogen-bond acceptors (Lipinski definition) is 5. The molecule has 8 nitrogen and oxygen atoms in total. The van der Waals surface area contributed by atoms with Gasteiger partial charge < -0.3 is 15.2 Å². The van der Waals surface area contributed by atoms with Crippen LogP contribution in [-0.2, 0) is 29.0 Å². The molecular weight excluding hydrogens is 647 g/mol. The number of alkyl halides is 1. The average Bonchev–Trinajstić information content (AvgIpc) is 3.06. The van der Waals surface area contributed by atoms with Crippen molar-refractivity contribution in [2.75, 3.05) is 19.6 Å². The summed E-state index contributed by atoms with van der Waals surface area (Å²) in [5.41, 5.74) is 3.57. The molecule has 4 bridgehead atoms. The molecule has 262 valence electrons.